The van der Waals surface area contributed by atoms with E-state index in [1.54, 1.807) is 23.7 Å². The molecule has 118 valence electrons. The second-order valence-electron chi connectivity index (χ2n) is 6.12. The molecule has 1 aromatic heterocycles. The van der Waals surface area contributed by atoms with Crippen LogP contribution < -0.4 is 0 Å². The normalized spacial score (nSPS) is 16.9. The maximum Gasteiger partial charge on any atom is 0.188 e. The lowest BCUT2D eigenvalue weighted by atomic mass is 10.0. The predicted molar refractivity (Wildman–Crippen MR) is 82.2 cm³/mol. The van der Waals surface area contributed by atoms with Gasteiger partial charge in [0, 0.05) is 0 Å². The van der Waals surface area contributed by atoms with E-state index in [2.05, 4.69) is 29.4 Å². The molecule has 3 rings (SSSR count). The van der Waals surface area contributed by atoms with Crippen molar-refractivity contribution in [2.24, 2.45) is 0 Å². The smallest absolute Gasteiger partial charge is 0.188 e. The highest BCUT2D eigenvalue weighted by atomic mass is 32.2. The van der Waals surface area contributed by atoms with Crippen LogP contribution in [0.5, 0.6) is 0 Å². The Morgan fingerprint density at radius 1 is 1.14 bits per heavy atom. The van der Waals surface area contributed by atoms with Gasteiger partial charge in [-0.25, -0.2) is 13.1 Å². The molecule has 0 bridgehead atoms. The fourth-order valence-corrected chi connectivity index (χ4v) is 3.79. The summed E-state index contributed by atoms with van der Waals surface area (Å²) in [6, 6.07) is 7.34. The van der Waals surface area contributed by atoms with Crippen LogP contribution >= 0.6 is 0 Å². The first-order valence-corrected chi connectivity index (χ1v) is 9.07. The van der Waals surface area contributed by atoms with E-state index in [0.717, 1.165) is 18.4 Å². The fourth-order valence-electron chi connectivity index (χ4n) is 2.43. The molecule has 0 spiro atoms. The van der Waals surface area contributed by atoms with Crippen LogP contribution in [-0.4, -0.2) is 28.6 Å². The van der Waals surface area contributed by atoms with Gasteiger partial charge in [0.15, 0.2) is 15.7 Å². The van der Waals surface area contributed by atoms with E-state index in [0.29, 0.717) is 16.6 Å². The van der Waals surface area contributed by atoms with Crippen molar-refractivity contribution in [1.29, 1.82) is 0 Å². The third-order valence-electron chi connectivity index (χ3n) is 4.12. The van der Waals surface area contributed by atoms with Gasteiger partial charge in [0.1, 0.15) is 5.25 Å². The molecule has 7 heteroatoms. The average Bonchev–Trinajstić information content (AvgIpc) is 3.23. The van der Waals surface area contributed by atoms with Gasteiger partial charge in [-0.15, -0.1) is 5.10 Å². The lowest BCUT2D eigenvalue weighted by Gasteiger charge is -2.13. The first kappa shape index (κ1) is 15.1. The Morgan fingerprint density at radius 2 is 1.77 bits per heavy atom. The van der Waals surface area contributed by atoms with Crippen molar-refractivity contribution in [2.75, 3.05) is 0 Å². The highest BCUT2D eigenvalue weighted by molar-refractivity contribution is 7.91. The Labute approximate surface area is 130 Å². The summed E-state index contributed by atoms with van der Waals surface area (Å²) in [5.74, 6) is 0.798. The van der Waals surface area contributed by atoms with Crippen molar-refractivity contribution < 1.29 is 8.42 Å². The molecule has 0 aliphatic heterocycles. The number of tetrazole rings is 1. The summed E-state index contributed by atoms with van der Waals surface area (Å²) in [5, 5.41) is 10.8. The van der Waals surface area contributed by atoms with Gasteiger partial charge in [-0.2, -0.15) is 0 Å². The van der Waals surface area contributed by atoms with Crippen molar-refractivity contribution in [3.63, 3.8) is 0 Å². The zero-order valence-corrected chi connectivity index (χ0v) is 13.8. The summed E-state index contributed by atoms with van der Waals surface area (Å²) in [6.07, 6.45) is 2.02. The highest BCUT2D eigenvalue weighted by Gasteiger charge is 2.34. The SMILES string of the molecule is CC(C)c1ccc(S(=O)(=O)[C@H](C)c2nnnn2C2CC2)cc1. The molecule has 2 aromatic rings. The number of rotatable bonds is 5. The third-order valence-corrected chi connectivity index (χ3v) is 6.19. The van der Waals surface area contributed by atoms with Gasteiger partial charge in [-0.1, -0.05) is 26.0 Å². The van der Waals surface area contributed by atoms with Crippen LogP contribution in [0.4, 0.5) is 0 Å². The predicted octanol–water partition coefficient (Wildman–Crippen LogP) is 2.67. The molecule has 1 aliphatic rings. The van der Waals surface area contributed by atoms with Gasteiger partial charge in [-0.05, 0) is 53.8 Å². The molecular weight excluding hydrogens is 300 g/mol. The fraction of sp³-hybridized carbons (Fsp3) is 0.533. The molecule has 1 heterocycles. The molecule has 22 heavy (non-hydrogen) atoms. The lowest BCUT2D eigenvalue weighted by molar-refractivity contribution is 0.556. The molecule has 6 nitrogen and oxygen atoms in total. The molecule has 0 radical (unpaired) electrons. The van der Waals surface area contributed by atoms with Crippen molar-refractivity contribution in [3.8, 4) is 0 Å². The van der Waals surface area contributed by atoms with Gasteiger partial charge < -0.3 is 0 Å². The van der Waals surface area contributed by atoms with Gasteiger partial charge in [0.25, 0.3) is 0 Å². The average molecular weight is 320 g/mol. The zero-order valence-electron chi connectivity index (χ0n) is 13.0. The number of aromatic nitrogens is 4. The number of sulfone groups is 1. The van der Waals surface area contributed by atoms with Crippen LogP contribution in [0.25, 0.3) is 0 Å². The third kappa shape index (κ3) is 2.65. The molecule has 0 N–H and O–H groups in total. The maximum atomic E-state index is 12.8. The summed E-state index contributed by atoms with van der Waals surface area (Å²) in [7, 11) is -3.50. The van der Waals surface area contributed by atoms with Gasteiger partial charge in [0.2, 0.25) is 0 Å². The lowest BCUT2D eigenvalue weighted by Crippen LogP contribution is -2.16. The van der Waals surface area contributed by atoms with Crippen molar-refractivity contribution in [2.45, 2.75) is 55.7 Å². The second-order valence-corrected chi connectivity index (χ2v) is 8.39. The molecule has 1 saturated carbocycles. The highest BCUT2D eigenvalue weighted by Crippen LogP contribution is 2.37. The molecule has 1 fully saturated rings. The topological polar surface area (TPSA) is 77.7 Å². The minimum absolute atomic E-state index is 0.256. The van der Waals surface area contributed by atoms with Crippen LogP contribution in [0.1, 0.15) is 62.2 Å². The van der Waals surface area contributed by atoms with E-state index in [1.165, 1.54) is 0 Å². The van der Waals surface area contributed by atoms with E-state index in [1.807, 2.05) is 12.1 Å². The Balaban J connectivity index is 1.92. The minimum Gasteiger partial charge on any atom is -0.225 e. The van der Waals surface area contributed by atoms with E-state index < -0.39 is 15.1 Å². The zero-order chi connectivity index (χ0) is 15.9. The second kappa shape index (κ2) is 5.46. The Bertz CT molecular complexity index is 761. The monoisotopic (exact) mass is 320 g/mol. The molecule has 1 atom stereocenters. The number of nitrogens with zero attached hydrogens (tertiary/aromatic N) is 4. The summed E-state index contributed by atoms with van der Waals surface area (Å²) in [4.78, 5) is 0.315. The first-order chi connectivity index (χ1) is 10.4. The van der Waals surface area contributed by atoms with Crippen LogP contribution in [0.3, 0.4) is 0 Å². The number of benzene rings is 1. The quantitative estimate of drug-likeness (QED) is 0.846. The molecule has 1 aliphatic carbocycles. The van der Waals surface area contributed by atoms with Crippen LogP contribution in [0.2, 0.25) is 0 Å². The first-order valence-electron chi connectivity index (χ1n) is 7.53. The van der Waals surface area contributed by atoms with Crippen molar-refractivity contribution >= 4 is 9.84 Å². The Kier molecular flexibility index (Phi) is 3.76. The van der Waals surface area contributed by atoms with E-state index in [4.69, 9.17) is 0 Å². The van der Waals surface area contributed by atoms with Gasteiger partial charge in [-0.3, -0.25) is 0 Å². The van der Waals surface area contributed by atoms with Crippen LogP contribution in [0.15, 0.2) is 29.2 Å². The Hall–Kier alpha value is -1.76. The van der Waals surface area contributed by atoms with Gasteiger partial charge >= 0.3 is 0 Å². The van der Waals surface area contributed by atoms with E-state index in [-0.39, 0.29) is 6.04 Å². The van der Waals surface area contributed by atoms with Crippen molar-refractivity contribution in [1.82, 2.24) is 20.2 Å². The van der Waals surface area contributed by atoms with Crippen LogP contribution in [0, 0.1) is 0 Å². The summed E-state index contributed by atoms with van der Waals surface area (Å²) >= 11 is 0. The summed E-state index contributed by atoms with van der Waals surface area (Å²) in [5.41, 5.74) is 1.12. The van der Waals surface area contributed by atoms with Crippen molar-refractivity contribution in [3.05, 3.63) is 35.7 Å². The Morgan fingerprint density at radius 3 is 2.32 bits per heavy atom. The van der Waals surface area contributed by atoms with E-state index >= 15 is 0 Å². The molecule has 0 unspecified atom stereocenters. The summed E-state index contributed by atoms with van der Waals surface area (Å²) in [6.45, 7) is 5.81. The standard InChI is InChI=1S/C15H20N4O2S/c1-10(2)12-4-8-14(9-5-12)22(20,21)11(3)15-16-17-18-19(15)13-6-7-13/h4-5,8-11,13H,6-7H2,1-3H3/t11-/m1/s1. The molecule has 0 amide bonds. The van der Waals surface area contributed by atoms with Crippen LogP contribution in [-0.2, 0) is 9.84 Å². The molecule has 0 saturated heterocycles. The largest absolute Gasteiger partial charge is 0.225 e. The summed E-state index contributed by atoms with van der Waals surface area (Å²) < 4.78 is 27.3. The minimum atomic E-state index is -3.50. The van der Waals surface area contributed by atoms with E-state index in [9.17, 15) is 8.42 Å². The molecule has 1 aromatic carbocycles. The number of hydrogen-bond acceptors (Lipinski definition) is 5. The van der Waals surface area contributed by atoms with Gasteiger partial charge in [0.05, 0.1) is 10.9 Å². The maximum absolute atomic E-state index is 12.8. The molecular formula is C15H20N4O2S. The number of hydrogen-bond donors (Lipinski definition) is 0.